The van der Waals surface area contributed by atoms with E-state index >= 15 is 8.42 Å². The van der Waals surface area contributed by atoms with Gasteiger partial charge in [-0.25, -0.2) is 30.2 Å². The summed E-state index contributed by atoms with van der Waals surface area (Å²) in [6.07, 6.45) is 1.71. The lowest BCUT2D eigenvalue weighted by Gasteiger charge is -2.36. The molecule has 0 amide bonds. The normalized spacial score (nSPS) is 17.7. The van der Waals surface area contributed by atoms with Crippen LogP contribution in [0.5, 0.6) is 0 Å². The zero-order valence-electron chi connectivity index (χ0n) is 35.4. The predicted molar refractivity (Wildman–Crippen MR) is 249 cm³/mol. The maximum Gasteiger partial charge on any atom is 0.243 e. The molecule has 0 aliphatic carbocycles. The number of hydrogen-bond donors (Lipinski definition) is 0. The van der Waals surface area contributed by atoms with Crippen LogP contribution in [0.3, 0.4) is 0 Å². The van der Waals surface area contributed by atoms with E-state index in [2.05, 4.69) is 37.9 Å². The van der Waals surface area contributed by atoms with Gasteiger partial charge in [0.25, 0.3) is 0 Å². The lowest BCUT2D eigenvalue weighted by atomic mass is 10.00. The van der Waals surface area contributed by atoms with Crippen molar-refractivity contribution in [3.63, 3.8) is 0 Å². The maximum absolute atomic E-state index is 15.0. The third kappa shape index (κ3) is 9.09. The summed E-state index contributed by atoms with van der Waals surface area (Å²) in [4.78, 5) is 10.8. The summed E-state index contributed by atoms with van der Waals surface area (Å²) in [6.45, 7) is 5.25. The van der Waals surface area contributed by atoms with Crippen LogP contribution in [0.4, 0.5) is 11.5 Å². The molecule has 64 heavy (non-hydrogen) atoms. The molecule has 3 aliphatic rings. The third-order valence-electron chi connectivity index (χ3n) is 12.3. The Kier molecular flexibility index (Phi) is 12.7. The van der Waals surface area contributed by atoms with E-state index in [9.17, 15) is 16.8 Å². The average molecular weight is 917 g/mol. The first kappa shape index (κ1) is 43.8. The molecule has 331 valence electrons. The number of hydrogen-bond acceptors (Lipinski definition) is 10. The molecule has 13 nitrogen and oxygen atoms in total. The van der Waals surface area contributed by atoms with Gasteiger partial charge in [0.1, 0.15) is 5.82 Å². The van der Waals surface area contributed by atoms with E-state index in [0.29, 0.717) is 74.6 Å². The van der Waals surface area contributed by atoms with Crippen molar-refractivity contribution < 1.29 is 25.3 Å². The molecule has 0 saturated carbocycles. The summed E-state index contributed by atoms with van der Waals surface area (Å²) in [5.41, 5.74) is 3.63. The van der Waals surface area contributed by atoms with Crippen LogP contribution in [-0.2, 0) is 36.6 Å². The van der Waals surface area contributed by atoms with Crippen LogP contribution >= 0.6 is 0 Å². The zero-order chi connectivity index (χ0) is 44.3. The van der Waals surface area contributed by atoms with Crippen molar-refractivity contribution in [2.45, 2.75) is 21.2 Å². The maximum atomic E-state index is 15.0. The van der Waals surface area contributed by atoms with Crippen molar-refractivity contribution in [3.8, 4) is 22.3 Å². The first-order valence-electron chi connectivity index (χ1n) is 21.5. The van der Waals surface area contributed by atoms with E-state index in [4.69, 9.17) is 0 Å². The lowest BCUT2D eigenvalue weighted by molar-refractivity contribution is 0.181. The fourth-order valence-electron chi connectivity index (χ4n) is 8.74. The van der Waals surface area contributed by atoms with Crippen molar-refractivity contribution >= 4 is 41.6 Å². The van der Waals surface area contributed by atoms with Gasteiger partial charge in [0.2, 0.25) is 30.1 Å². The number of pyridine rings is 1. The van der Waals surface area contributed by atoms with Gasteiger partial charge < -0.3 is 9.80 Å². The standard InChI is InChI=1S/C48H50N7O6S3/c56-62(57,53-30-24-50(25-31-53)38-39-12-3-1-4-13-39)43-17-11-14-40(36-43)45-22-21-41(37-47(45)64(60,61)55-32-26-51(27-33-55)42-15-5-2-6-16-42)44-18-7-8-19-46(44)63(58,59)54-34-28-52(29-35-54)48-20-9-10-23-49-48/h1-16,18-23,36-37H,24-35,38H2. The minimum atomic E-state index is -4.22. The van der Waals surface area contributed by atoms with Crippen molar-refractivity contribution in [2.75, 3.05) is 88.3 Å². The number of nitrogens with zero attached hydrogens (tertiary/aromatic N) is 7. The van der Waals surface area contributed by atoms with Gasteiger partial charge >= 0.3 is 0 Å². The number of aromatic nitrogens is 1. The number of anilines is 2. The van der Waals surface area contributed by atoms with E-state index in [1.165, 1.54) is 25.0 Å². The molecule has 4 heterocycles. The Labute approximate surface area is 377 Å². The molecule has 1 radical (unpaired) electrons. The van der Waals surface area contributed by atoms with Crippen LogP contribution in [0, 0.1) is 6.07 Å². The van der Waals surface area contributed by atoms with Crippen LogP contribution < -0.4 is 9.80 Å². The summed E-state index contributed by atoms with van der Waals surface area (Å²) in [6, 6.07) is 44.8. The van der Waals surface area contributed by atoms with Gasteiger partial charge in [0.05, 0.1) is 14.7 Å². The summed E-state index contributed by atoms with van der Waals surface area (Å²) in [5, 5.41) is 0. The van der Waals surface area contributed by atoms with E-state index in [-0.39, 0.29) is 40.9 Å². The smallest absolute Gasteiger partial charge is 0.243 e. The Hall–Kier alpha value is -5.46. The molecule has 3 fully saturated rings. The van der Waals surface area contributed by atoms with Crippen LogP contribution in [-0.4, -0.2) is 127 Å². The van der Waals surface area contributed by atoms with Crippen molar-refractivity contribution in [2.24, 2.45) is 0 Å². The molecule has 3 aliphatic heterocycles. The molecule has 5 aromatic carbocycles. The first-order chi connectivity index (χ1) is 31.0. The molecule has 1 aromatic heterocycles. The molecule has 0 spiro atoms. The highest BCUT2D eigenvalue weighted by Gasteiger charge is 2.35. The van der Waals surface area contributed by atoms with Gasteiger partial charge in [-0.1, -0.05) is 97.1 Å². The number of sulfonamides is 3. The number of rotatable bonds is 12. The lowest BCUT2D eigenvalue weighted by Crippen LogP contribution is -2.49. The summed E-state index contributed by atoms with van der Waals surface area (Å²) in [7, 11) is -12.2. The van der Waals surface area contributed by atoms with Gasteiger partial charge in [-0.2, -0.15) is 12.9 Å². The van der Waals surface area contributed by atoms with E-state index in [1.807, 2.05) is 66.7 Å². The fourth-order valence-corrected chi connectivity index (χ4v) is 13.5. The van der Waals surface area contributed by atoms with E-state index < -0.39 is 30.1 Å². The predicted octanol–water partition coefficient (Wildman–Crippen LogP) is 5.74. The Bertz CT molecular complexity index is 2900. The molecule has 0 bridgehead atoms. The fraction of sp³-hybridized carbons (Fsp3) is 0.271. The molecule has 9 rings (SSSR count). The third-order valence-corrected chi connectivity index (χ3v) is 18.0. The number of piperazine rings is 3. The molecule has 0 unspecified atom stereocenters. The zero-order valence-corrected chi connectivity index (χ0v) is 37.8. The van der Waals surface area contributed by atoms with Crippen LogP contribution in [0.2, 0.25) is 0 Å². The van der Waals surface area contributed by atoms with Gasteiger partial charge in [0, 0.05) is 114 Å². The first-order valence-corrected chi connectivity index (χ1v) is 25.8. The van der Waals surface area contributed by atoms with Crippen molar-refractivity contribution in [1.82, 2.24) is 22.8 Å². The summed E-state index contributed by atoms with van der Waals surface area (Å²) in [5.74, 6) is 0.786. The Morgan fingerprint density at radius 1 is 0.469 bits per heavy atom. The van der Waals surface area contributed by atoms with E-state index in [0.717, 1.165) is 23.6 Å². The summed E-state index contributed by atoms with van der Waals surface area (Å²) < 4.78 is 91.7. The van der Waals surface area contributed by atoms with Gasteiger partial charge in [-0.3, -0.25) is 4.90 Å². The van der Waals surface area contributed by atoms with Crippen LogP contribution in [0.15, 0.2) is 160 Å². The van der Waals surface area contributed by atoms with Crippen molar-refractivity contribution in [1.29, 1.82) is 0 Å². The van der Waals surface area contributed by atoms with Gasteiger partial charge in [0.15, 0.2) is 0 Å². The second-order valence-corrected chi connectivity index (χ2v) is 21.8. The highest BCUT2D eigenvalue weighted by molar-refractivity contribution is 7.89. The van der Waals surface area contributed by atoms with Crippen LogP contribution in [0.1, 0.15) is 5.56 Å². The molecular formula is C48H50N7O6S3. The minimum Gasteiger partial charge on any atom is -0.369 e. The molecular weight excluding hydrogens is 867 g/mol. The Morgan fingerprint density at radius 3 is 1.69 bits per heavy atom. The second-order valence-electron chi connectivity index (χ2n) is 16.1. The van der Waals surface area contributed by atoms with Crippen molar-refractivity contribution in [3.05, 3.63) is 157 Å². The van der Waals surface area contributed by atoms with Gasteiger partial charge in [-0.05, 0) is 59.2 Å². The average Bonchev–Trinajstić information content (AvgIpc) is 3.35. The highest BCUT2D eigenvalue weighted by Crippen LogP contribution is 2.38. The Morgan fingerprint density at radius 2 is 1.02 bits per heavy atom. The number of para-hydroxylation sites is 1. The van der Waals surface area contributed by atoms with Crippen LogP contribution in [0.25, 0.3) is 22.3 Å². The van der Waals surface area contributed by atoms with Gasteiger partial charge in [-0.15, -0.1) is 0 Å². The second kappa shape index (κ2) is 18.6. The molecule has 16 heteroatoms. The molecule has 6 aromatic rings. The SMILES string of the molecule is O=S(=O)(c1[c]ccc(-c2ccc(-c3ccccc3S(=O)(=O)N3CCN(c4ccccn4)CC3)cc2S(=O)(=O)N2CCN(c3ccccc3)CC2)c1)N1CCN(Cc2ccccc2)CC1. The molecule has 0 N–H and O–H groups in total. The largest absolute Gasteiger partial charge is 0.369 e. The minimum absolute atomic E-state index is 0.0431. The summed E-state index contributed by atoms with van der Waals surface area (Å²) >= 11 is 0. The monoisotopic (exact) mass is 916 g/mol. The Balaban J connectivity index is 1.03. The quantitative estimate of drug-likeness (QED) is 0.150. The highest BCUT2D eigenvalue weighted by atomic mass is 32.2. The topological polar surface area (TPSA) is 135 Å². The van der Waals surface area contributed by atoms with E-state index in [1.54, 1.807) is 54.7 Å². The number of benzene rings is 5. The molecule has 3 saturated heterocycles. The molecule has 0 atom stereocenters.